The van der Waals surface area contributed by atoms with E-state index in [1.165, 1.54) is 12.1 Å². The smallest absolute Gasteiger partial charge is 0.131 e. The van der Waals surface area contributed by atoms with Crippen LogP contribution in [0.4, 0.5) is 4.39 Å². The summed E-state index contributed by atoms with van der Waals surface area (Å²) in [5, 5.41) is 0. The lowest BCUT2D eigenvalue weighted by Gasteiger charge is -2.31. The van der Waals surface area contributed by atoms with Gasteiger partial charge in [0, 0.05) is 12.5 Å². The Bertz CT molecular complexity index is 639. The summed E-state index contributed by atoms with van der Waals surface area (Å²) in [6.45, 7) is 8.91. The number of halogens is 1. The molecule has 0 aliphatic rings. The second-order valence-electron chi connectivity index (χ2n) is 6.56. The van der Waals surface area contributed by atoms with Gasteiger partial charge in [0.2, 0.25) is 0 Å². The third kappa shape index (κ3) is 6.30. The van der Waals surface area contributed by atoms with E-state index >= 15 is 0 Å². The van der Waals surface area contributed by atoms with Gasteiger partial charge in [-0.25, -0.2) is 4.39 Å². The molecule has 2 aromatic carbocycles. The number of benzene rings is 2. The monoisotopic (exact) mass is 356 g/mol. The minimum atomic E-state index is -0.225. The normalized spacial score (nSPS) is 14.4. The minimum Gasteiger partial charge on any atom is -0.487 e. The van der Waals surface area contributed by atoms with E-state index in [2.05, 4.69) is 13.5 Å². The summed E-state index contributed by atoms with van der Waals surface area (Å²) in [5.41, 5.74) is 1.05. The molecule has 0 amide bonds. The van der Waals surface area contributed by atoms with Gasteiger partial charge in [-0.2, -0.15) is 0 Å². The highest BCUT2D eigenvalue weighted by atomic mass is 19.1. The Balaban J connectivity index is 2.15. The highest BCUT2D eigenvalue weighted by Crippen LogP contribution is 2.24. The number of hydrogen-bond donors (Lipinski definition) is 0. The van der Waals surface area contributed by atoms with Gasteiger partial charge in [-0.15, -0.1) is 6.58 Å². The molecule has 0 heterocycles. The Labute approximate surface area is 156 Å². The van der Waals surface area contributed by atoms with E-state index in [0.29, 0.717) is 6.61 Å². The van der Waals surface area contributed by atoms with Crippen LogP contribution in [0.3, 0.4) is 0 Å². The number of para-hydroxylation sites is 1. The average molecular weight is 356 g/mol. The van der Waals surface area contributed by atoms with Crippen molar-refractivity contribution < 1.29 is 13.9 Å². The van der Waals surface area contributed by atoms with Crippen LogP contribution < -0.4 is 4.74 Å². The second kappa shape index (κ2) is 10.8. The second-order valence-corrected chi connectivity index (χ2v) is 6.56. The first-order valence-electron chi connectivity index (χ1n) is 9.34. The fourth-order valence-electron chi connectivity index (χ4n) is 2.92. The number of unbranched alkanes of at least 4 members (excludes halogenated alkanes) is 1. The maximum Gasteiger partial charge on any atom is 0.131 e. The van der Waals surface area contributed by atoms with E-state index in [-0.39, 0.29) is 23.9 Å². The lowest BCUT2D eigenvalue weighted by atomic mass is 9.91. The quantitative estimate of drug-likeness (QED) is 0.373. The molecule has 2 nitrogen and oxygen atoms in total. The molecule has 0 aliphatic carbocycles. The molecule has 26 heavy (non-hydrogen) atoms. The number of hydrogen-bond acceptors (Lipinski definition) is 2. The standard InChI is InChI=1S/C23H29FO2/c1-4-6-16-25-18(3)23(26-22-10-8-7-9-11-22)20(5-2)17-19-12-14-21(24)15-13-19/h5,7-15,18,20,23H,2,4,6,16-17H2,1,3H3/t18-,20+,23-/m0/s1. The largest absolute Gasteiger partial charge is 0.487 e. The van der Waals surface area contributed by atoms with Gasteiger partial charge in [-0.05, 0) is 49.6 Å². The first kappa shape index (κ1) is 20.2. The van der Waals surface area contributed by atoms with Crippen molar-refractivity contribution in [1.82, 2.24) is 0 Å². The predicted molar refractivity (Wildman–Crippen MR) is 105 cm³/mol. The third-order valence-electron chi connectivity index (χ3n) is 4.47. The van der Waals surface area contributed by atoms with E-state index in [0.717, 1.165) is 30.6 Å². The molecule has 0 N–H and O–H groups in total. The van der Waals surface area contributed by atoms with Crippen LogP contribution in [0, 0.1) is 11.7 Å². The Morgan fingerprint density at radius 2 is 1.77 bits per heavy atom. The molecule has 0 saturated carbocycles. The maximum absolute atomic E-state index is 13.2. The van der Waals surface area contributed by atoms with Crippen LogP contribution in [0.1, 0.15) is 32.3 Å². The van der Waals surface area contributed by atoms with Gasteiger partial charge in [0.1, 0.15) is 17.7 Å². The summed E-state index contributed by atoms with van der Waals surface area (Å²) >= 11 is 0. The van der Waals surface area contributed by atoms with Crippen LogP contribution in [-0.4, -0.2) is 18.8 Å². The van der Waals surface area contributed by atoms with Gasteiger partial charge in [-0.3, -0.25) is 0 Å². The Hall–Kier alpha value is -2.13. The van der Waals surface area contributed by atoms with Crippen molar-refractivity contribution in [3.05, 3.63) is 78.6 Å². The molecular weight excluding hydrogens is 327 g/mol. The van der Waals surface area contributed by atoms with Gasteiger partial charge in [0.25, 0.3) is 0 Å². The Morgan fingerprint density at radius 3 is 2.38 bits per heavy atom. The molecule has 0 spiro atoms. The Morgan fingerprint density at radius 1 is 1.08 bits per heavy atom. The zero-order valence-electron chi connectivity index (χ0n) is 15.7. The summed E-state index contributed by atoms with van der Waals surface area (Å²) in [4.78, 5) is 0. The fourth-order valence-corrected chi connectivity index (χ4v) is 2.92. The van der Waals surface area contributed by atoms with Crippen molar-refractivity contribution in [1.29, 1.82) is 0 Å². The molecule has 0 unspecified atom stereocenters. The summed E-state index contributed by atoms with van der Waals surface area (Å²) < 4.78 is 25.5. The molecule has 0 aromatic heterocycles. The van der Waals surface area contributed by atoms with E-state index in [9.17, 15) is 4.39 Å². The van der Waals surface area contributed by atoms with Gasteiger partial charge in [0.05, 0.1) is 6.10 Å². The van der Waals surface area contributed by atoms with Crippen molar-refractivity contribution >= 4 is 0 Å². The van der Waals surface area contributed by atoms with Crippen LogP contribution in [0.25, 0.3) is 0 Å². The molecule has 140 valence electrons. The van der Waals surface area contributed by atoms with Crippen molar-refractivity contribution in [2.45, 2.75) is 45.3 Å². The molecule has 0 aliphatic heterocycles. The molecule has 0 fully saturated rings. The van der Waals surface area contributed by atoms with Crippen LogP contribution in [-0.2, 0) is 11.2 Å². The summed E-state index contributed by atoms with van der Waals surface area (Å²) in [5.74, 6) is 0.643. The number of ether oxygens (including phenoxy) is 2. The first-order chi connectivity index (χ1) is 12.6. The van der Waals surface area contributed by atoms with Crippen LogP contribution >= 0.6 is 0 Å². The van der Waals surface area contributed by atoms with Crippen molar-refractivity contribution in [2.24, 2.45) is 5.92 Å². The van der Waals surface area contributed by atoms with E-state index in [1.54, 1.807) is 0 Å². The molecular formula is C23H29FO2. The third-order valence-corrected chi connectivity index (χ3v) is 4.47. The van der Waals surface area contributed by atoms with Gasteiger partial charge in [-0.1, -0.05) is 49.8 Å². The molecule has 0 radical (unpaired) electrons. The molecule has 0 saturated heterocycles. The summed E-state index contributed by atoms with van der Waals surface area (Å²) in [7, 11) is 0. The topological polar surface area (TPSA) is 18.5 Å². The zero-order valence-corrected chi connectivity index (χ0v) is 15.7. The van der Waals surface area contributed by atoms with Crippen molar-refractivity contribution in [2.75, 3.05) is 6.61 Å². The molecule has 2 aromatic rings. The fraction of sp³-hybridized carbons (Fsp3) is 0.391. The van der Waals surface area contributed by atoms with E-state index < -0.39 is 0 Å². The molecule has 3 heteroatoms. The molecule has 3 atom stereocenters. The average Bonchev–Trinajstić information content (AvgIpc) is 2.67. The lowest BCUT2D eigenvalue weighted by molar-refractivity contribution is -0.0321. The van der Waals surface area contributed by atoms with Crippen LogP contribution in [0.2, 0.25) is 0 Å². The van der Waals surface area contributed by atoms with E-state index in [4.69, 9.17) is 9.47 Å². The molecule has 2 rings (SSSR count). The van der Waals surface area contributed by atoms with Gasteiger partial charge >= 0.3 is 0 Å². The summed E-state index contributed by atoms with van der Waals surface area (Å²) in [6.07, 6.45) is 4.51. The molecule has 0 bridgehead atoms. The lowest BCUT2D eigenvalue weighted by Crippen LogP contribution is -2.39. The SMILES string of the molecule is C=C[C@H](Cc1ccc(F)cc1)[C@@H](Oc1ccccc1)[C@H](C)OCCCC. The number of rotatable bonds is 11. The van der Waals surface area contributed by atoms with E-state index in [1.807, 2.05) is 55.5 Å². The predicted octanol–water partition coefficient (Wildman–Crippen LogP) is 5.82. The van der Waals surface area contributed by atoms with Gasteiger partial charge < -0.3 is 9.47 Å². The van der Waals surface area contributed by atoms with Crippen LogP contribution in [0.5, 0.6) is 5.75 Å². The minimum absolute atomic E-state index is 0.0530. The first-order valence-corrected chi connectivity index (χ1v) is 9.34. The maximum atomic E-state index is 13.2. The van der Waals surface area contributed by atoms with Crippen molar-refractivity contribution in [3.63, 3.8) is 0 Å². The highest BCUT2D eigenvalue weighted by Gasteiger charge is 2.28. The zero-order chi connectivity index (χ0) is 18.8. The Kier molecular flexibility index (Phi) is 8.36. The highest BCUT2D eigenvalue weighted by molar-refractivity contribution is 5.22. The van der Waals surface area contributed by atoms with Crippen molar-refractivity contribution in [3.8, 4) is 5.75 Å². The van der Waals surface area contributed by atoms with Crippen LogP contribution in [0.15, 0.2) is 67.3 Å². The van der Waals surface area contributed by atoms with Gasteiger partial charge in [0.15, 0.2) is 0 Å². The summed E-state index contributed by atoms with van der Waals surface area (Å²) in [6, 6.07) is 16.4.